The molecule has 98 valence electrons. The molecule has 0 fully saturated rings. The lowest BCUT2D eigenvalue weighted by atomic mass is 10.2. The average molecular weight is 263 g/mol. The van der Waals surface area contributed by atoms with Crippen LogP contribution in [0.2, 0.25) is 0 Å². The SMILES string of the molecule is C=C(S/C=C\CC)C1=NC/C(C)=C\NC/N=C\1C. The number of allylic oxidation sites excluding steroid dienone is 2. The van der Waals surface area contributed by atoms with Gasteiger partial charge in [0, 0.05) is 4.91 Å². The van der Waals surface area contributed by atoms with Crippen LogP contribution in [0.5, 0.6) is 0 Å². The molecule has 1 aliphatic heterocycles. The lowest BCUT2D eigenvalue weighted by Crippen LogP contribution is -2.14. The minimum Gasteiger partial charge on any atom is -0.372 e. The molecule has 0 radical (unpaired) electrons. The summed E-state index contributed by atoms with van der Waals surface area (Å²) in [6.07, 6.45) is 5.12. The predicted octanol–water partition coefficient (Wildman–Crippen LogP) is 3.52. The first kappa shape index (κ1) is 14.8. The quantitative estimate of drug-likeness (QED) is 0.842. The molecule has 1 N–H and O–H groups in total. The Hall–Kier alpha value is -1.29. The fourth-order valence-corrected chi connectivity index (χ4v) is 2.17. The van der Waals surface area contributed by atoms with E-state index in [1.165, 1.54) is 5.57 Å². The van der Waals surface area contributed by atoms with Crippen molar-refractivity contribution in [1.82, 2.24) is 5.32 Å². The van der Waals surface area contributed by atoms with E-state index in [4.69, 9.17) is 0 Å². The Bertz CT molecular complexity index is 417. The second kappa shape index (κ2) is 7.93. The second-order valence-electron chi connectivity index (χ2n) is 4.08. The molecule has 18 heavy (non-hydrogen) atoms. The van der Waals surface area contributed by atoms with Gasteiger partial charge in [-0.05, 0) is 37.4 Å². The van der Waals surface area contributed by atoms with Gasteiger partial charge in [0.05, 0.1) is 18.0 Å². The summed E-state index contributed by atoms with van der Waals surface area (Å²) in [6.45, 7) is 11.5. The van der Waals surface area contributed by atoms with Crippen molar-refractivity contribution in [1.29, 1.82) is 0 Å². The highest BCUT2D eigenvalue weighted by atomic mass is 32.2. The molecule has 0 aromatic carbocycles. The zero-order valence-corrected chi connectivity index (χ0v) is 12.2. The van der Waals surface area contributed by atoms with Crippen LogP contribution in [0.3, 0.4) is 0 Å². The molecule has 3 nitrogen and oxygen atoms in total. The fraction of sp³-hybridized carbons (Fsp3) is 0.429. The van der Waals surface area contributed by atoms with E-state index in [0.717, 1.165) is 22.7 Å². The van der Waals surface area contributed by atoms with Crippen LogP contribution in [-0.2, 0) is 0 Å². The van der Waals surface area contributed by atoms with Gasteiger partial charge in [0.15, 0.2) is 0 Å². The summed E-state index contributed by atoms with van der Waals surface area (Å²) in [6, 6.07) is 0. The lowest BCUT2D eigenvalue weighted by molar-refractivity contribution is 0.873. The van der Waals surface area contributed by atoms with Crippen LogP contribution in [0.4, 0.5) is 0 Å². The van der Waals surface area contributed by atoms with Crippen molar-refractivity contribution >= 4 is 23.2 Å². The molecule has 0 saturated heterocycles. The lowest BCUT2D eigenvalue weighted by Gasteiger charge is -2.07. The predicted molar refractivity (Wildman–Crippen MR) is 83.3 cm³/mol. The topological polar surface area (TPSA) is 36.8 Å². The van der Waals surface area contributed by atoms with Crippen LogP contribution in [0.1, 0.15) is 27.2 Å². The Morgan fingerprint density at radius 2 is 2.28 bits per heavy atom. The van der Waals surface area contributed by atoms with Crippen molar-refractivity contribution in [2.45, 2.75) is 27.2 Å². The van der Waals surface area contributed by atoms with E-state index in [9.17, 15) is 0 Å². The highest BCUT2D eigenvalue weighted by molar-refractivity contribution is 8.06. The second-order valence-corrected chi connectivity index (χ2v) is 5.08. The molecule has 0 atom stereocenters. The van der Waals surface area contributed by atoms with Gasteiger partial charge >= 0.3 is 0 Å². The molecule has 0 spiro atoms. The first-order chi connectivity index (χ1) is 8.65. The third-order valence-corrected chi connectivity index (χ3v) is 3.20. The highest BCUT2D eigenvalue weighted by Crippen LogP contribution is 2.18. The summed E-state index contributed by atoms with van der Waals surface area (Å²) in [5.74, 6) is 0. The standard InChI is InChI=1S/C14H21N3S/c1-5-6-7-18-13(4)14-12(3)17-10-15-8-11(2)9-16-14/h6-8,15H,4-5,9-10H2,1-3H3/b7-6-,11-8-,16-14?,17-12-. The molecule has 0 amide bonds. The minimum atomic E-state index is 0.588. The molecule has 1 aliphatic rings. The zero-order valence-electron chi connectivity index (χ0n) is 11.4. The molecule has 1 rings (SSSR count). The van der Waals surface area contributed by atoms with Gasteiger partial charge in [0.2, 0.25) is 0 Å². The number of aliphatic imine (C=N–C) groups is 2. The largest absolute Gasteiger partial charge is 0.372 e. The third kappa shape index (κ3) is 4.92. The first-order valence-electron chi connectivity index (χ1n) is 6.11. The number of rotatable bonds is 4. The van der Waals surface area contributed by atoms with Crippen molar-refractivity contribution in [2.75, 3.05) is 13.2 Å². The maximum absolute atomic E-state index is 4.61. The molecule has 4 heteroatoms. The van der Waals surface area contributed by atoms with Crippen molar-refractivity contribution < 1.29 is 0 Å². The summed E-state index contributed by atoms with van der Waals surface area (Å²) < 4.78 is 0. The number of nitrogens with zero attached hydrogens (tertiary/aromatic N) is 2. The van der Waals surface area contributed by atoms with Crippen LogP contribution in [0.15, 0.2) is 44.7 Å². The molecule has 0 aromatic rings. The summed E-state index contributed by atoms with van der Waals surface area (Å²) in [7, 11) is 0. The van der Waals surface area contributed by atoms with Crippen LogP contribution in [0.25, 0.3) is 0 Å². The molecule has 0 bridgehead atoms. The fourth-order valence-electron chi connectivity index (χ4n) is 1.40. The first-order valence-corrected chi connectivity index (χ1v) is 6.99. The third-order valence-electron chi connectivity index (χ3n) is 2.39. The Kier molecular flexibility index (Phi) is 6.50. The van der Waals surface area contributed by atoms with Gasteiger partial charge in [-0.25, -0.2) is 0 Å². The molecular weight excluding hydrogens is 242 g/mol. The molecule has 0 saturated carbocycles. The minimum absolute atomic E-state index is 0.588. The van der Waals surface area contributed by atoms with Crippen molar-refractivity contribution in [3.63, 3.8) is 0 Å². The van der Waals surface area contributed by atoms with E-state index in [0.29, 0.717) is 13.2 Å². The number of nitrogens with one attached hydrogen (secondary N) is 1. The Balaban J connectivity index is 2.83. The number of thioether (sulfide) groups is 1. The summed E-state index contributed by atoms with van der Waals surface area (Å²) in [5, 5.41) is 5.21. The summed E-state index contributed by atoms with van der Waals surface area (Å²) in [4.78, 5) is 10.0. The Morgan fingerprint density at radius 3 is 3.00 bits per heavy atom. The van der Waals surface area contributed by atoms with E-state index < -0.39 is 0 Å². The Morgan fingerprint density at radius 1 is 1.50 bits per heavy atom. The normalized spacial score (nSPS) is 22.7. The van der Waals surface area contributed by atoms with E-state index >= 15 is 0 Å². The van der Waals surface area contributed by atoms with Gasteiger partial charge in [-0.15, -0.1) is 0 Å². The maximum Gasteiger partial charge on any atom is 0.107 e. The van der Waals surface area contributed by atoms with Gasteiger partial charge in [-0.3, -0.25) is 9.98 Å². The summed E-state index contributed by atoms with van der Waals surface area (Å²) >= 11 is 1.61. The van der Waals surface area contributed by atoms with Crippen LogP contribution in [0, 0.1) is 0 Å². The van der Waals surface area contributed by atoms with Crippen molar-refractivity contribution in [3.05, 3.63) is 34.7 Å². The molecule has 1 heterocycles. The summed E-state index contributed by atoms with van der Waals surface area (Å²) in [5.41, 5.74) is 3.05. The molecule has 0 aromatic heterocycles. The maximum atomic E-state index is 4.61. The zero-order chi connectivity index (χ0) is 13.4. The molecule has 0 unspecified atom stereocenters. The van der Waals surface area contributed by atoms with Gasteiger partial charge in [-0.2, -0.15) is 0 Å². The smallest absolute Gasteiger partial charge is 0.107 e. The van der Waals surface area contributed by atoms with Crippen molar-refractivity contribution in [2.24, 2.45) is 9.98 Å². The van der Waals surface area contributed by atoms with Gasteiger partial charge in [0.25, 0.3) is 0 Å². The van der Waals surface area contributed by atoms with Gasteiger partial charge in [-0.1, -0.05) is 31.3 Å². The highest BCUT2D eigenvalue weighted by Gasteiger charge is 2.09. The van der Waals surface area contributed by atoms with Gasteiger partial charge in [0.1, 0.15) is 6.67 Å². The van der Waals surface area contributed by atoms with E-state index in [1.54, 1.807) is 11.8 Å². The van der Waals surface area contributed by atoms with E-state index in [-0.39, 0.29) is 0 Å². The Labute approximate surface area is 114 Å². The van der Waals surface area contributed by atoms with Gasteiger partial charge < -0.3 is 5.32 Å². The number of hydrogen-bond donors (Lipinski definition) is 1. The van der Waals surface area contributed by atoms with Crippen LogP contribution < -0.4 is 5.32 Å². The molecular formula is C14H21N3S. The van der Waals surface area contributed by atoms with Crippen molar-refractivity contribution in [3.8, 4) is 0 Å². The van der Waals surface area contributed by atoms with Crippen LogP contribution in [-0.4, -0.2) is 24.6 Å². The monoisotopic (exact) mass is 263 g/mol. The van der Waals surface area contributed by atoms with Crippen LogP contribution >= 0.6 is 11.8 Å². The molecule has 0 aliphatic carbocycles. The van der Waals surface area contributed by atoms with E-state index in [1.807, 2.05) is 13.1 Å². The average Bonchev–Trinajstić information content (AvgIpc) is 2.42. The number of hydrogen-bond acceptors (Lipinski definition) is 4. The van der Waals surface area contributed by atoms with E-state index in [2.05, 4.69) is 47.2 Å².